The standard InChI is InChI=1S/C23H31N3O3.C6H8O7/c1-15-24-11-13-26(15)12-10-21(27)25-23-18-7-5-4-6-17(18)22(23)16-8-9-19(28-2)20(14-16)29-3;7-3(8)1-6(13,5(11)12)2-4(9)10/h8-9,11,13-14,17-18,22-23H,4-7,10,12H2,1-3H3,(H,25,27);13H,1-2H2,(H,7,8)(H,9,10)(H,11,12)/t17?,18?,22-,23-;/m0./s1. The average Bonchev–Trinajstić information content (AvgIpc) is 3.34. The zero-order chi connectivity index (χ0) is 31.0. The third kappa shape index (κ3) is 7.78. The molecule has 2 fully saturated rings. The highest BCUT2D eigenvalue weighted by atomic mass is 16.5. The number of nitrogens with one attached hydrogen (secondary N) is 1. The van der Waals surface area contributed by atoms with Gasteiger partial charge in [-0.3, -0.25) is 14.4 Å². The van der Waals surface area contributed by atoms with Crippen LogP contribution in [0.2, 0.25) is 0 Å². The molecular weight excluding hydrogens is 550 g/mol. The second-order valence-electron chi connectivity index (χ2n) is 10.7. The Kier molecular flexibility index (Phi) is 10.9. The molecular formula is C29H39N3O10. The Morgan fingerprint density at radius 2 is 1.62 bits per heavy atom. The highest BCUT2D eigenvalue weighted by molar-refractivity contribution is 5.88. The number of nitrogens with zero attached hydrogens (tertiary/aromatic N) is 2. The number of fused-ring (bicyclic) bond motifs is 1. The topological polar surface area (TPSA) is 198 Å². The van der Waals surface area contributed by atoms with Crippen molar-refractivity contribution in [3.05, 3.63) is 42.0 Å². The van der Waals surface area contributed by atoms with Gasteiger partial charge >= 0.3 is 17.9 Å². The van der Waals surface area contributed by atoms with Crippen molar-refractivity contribution in [1.29, 1.82) is 0 Å². The molecule has 2 aliphatic rings. The number of ether oxygens (including phenoxy) is 2. The normalized spacial score (nSPS) is 21.0. The van der Waals surface area contributed by atoms with Gasteiger partial charge in [0.25, 0.3) is 0 Å². The van der Waals surface area contributed by atoms with E-state index in [1.54, 1.807) is 20.4 Å². The summed E-state index contributed by atoms with van der Waals surface area (Å²) in [7, 11) is 3.33. The van der Waals surface area contributed by atoms with Gasteiger partial charge in [0, 0.05) is 37.3 Å². The summed E-state index contributed by atoms with van der Waals surface area (Å²) in [5, 5.41) is 37.2. The van der Waals surface area contributed by atoms with E-state index in [1.807, 2.05) is 23.8 Å². The van der Waals surface area contributed by atoms with Crippen molar-refractivity contribution < 1.29 is 49.1 Å². The van der Waals surface area contributed by atoms with E-state index < -0.39 is 36.4 Å². The summed E-state index contributed by atoms with van der Waals surface area (Å²) in [6.45, 7) is 2.63. The van der Waals surface area contributed by atoms with Gasteiger partial charge in [0.15, 0.2) is 17.1 Å². The number of hydrogen-bond donors (Lipinski definition) is 5. The lowest BCUT2D eigenvalue weighted by Gasteiger charge is -2.55. The van der Waals surface area contributed by atoms with Crippen molar-refractivity contribution in [3.8, 4) is 11.5 Å². The van der Waals surface area contributed by atoms with E-state index in [4.69, 9.17) is 29.9 Å². The number of aliphatic carboxylic acids is 3. The van der Waals surface area contributed by atoms with Crippen LogP contribution in [0, 0.1) is 18.8 Å². The number of hydrogen-bond acceptors (Lipinski definition) is 8. The summed E-state index contributed by atoms with van der Waals surface area (Å²) in [5.74, 6) is -0.885. The summed E-state index contributed by atoms with van der Waals surface area (Å²) in [6, 6.07) is 6.40. The van der Waals surface area contributed by atoms with Crippen molar-refractivity contribution in [1.82, 2.24) is 14.9 Å². The Morgan fingerprint density at radius 1 is 1.00 bits per heavy atom. The first-order valence-corrected chi connectivity index (χ1v) is 13.8. The molecule has 13 heteroatoms. The van der Waals surface area contributed by atoms with Crippen LogP contribution in [0.25, 0.3) is 0 Å². The molecule has 0 radical (unpaired) electrons. The van der Waals surface area contributed by atoms with Crippen molar-refractivity contribution >= 4 is 23.8 Å². The Hall–Kier alpha value is -4.13. The van der Waals surface area contributed by atoms with Crippen LogP contribution in [-0.4, -0.2) is 79.7 Å². The van der Waals surface area contributed by atoms with Gasteiger partial charge in [-0.15, -0.1) is 0 Å². The largest absolute Gasteiger partial charge is 0.493 e. The first kappa shape index (κ1) is 32.4. The molecule has 4 rings (SSSR count). The van der Waals surface area contributed by atoms with Crippen LogP contribution in [0.4, 0.5) is 0 Å². The van der Waals surface area contributed by atoms with Crippen molar-refractivity contribution in [3.63, 3.8) is 0 Å². The summed E-state index contributed by atoms with van der Waals surface area (Å²) < 4.78 is 12.9. The Morgan fingerprint density at radius 3 is 2.14 bits per heavy atom. The molecule has 42 heavy (non-hydrogen) atoms. The second kappa shape index (κ2) is 14.2. The SMILES string of the molecule is COc1ccc([C@H]2C3CCCCC3[C@@H]2NC(=O)CCn2ccnc2C)cc1OC.O=C(O)CC(O)(CC(=O)O)C(=O)O. The number of carboxylic acid groups (broad SMARTS) is 3. The number of aryl methyl sites for hydroxylation is 2. The van der Waals surface area contributed by atoms with Gasteiger partial charge in [0.05, 0.1) is 27.1 Å². The highest BCUT2D eigenvalue weighted by Gasteiger charge is 2.52. The van der Waals surface area contributed by atoms with Crippen molar-refractivity contribution in [2.75, 3.05) is 14.2 Å². The Balaban J connectivity index is 0.000000316. The maximum absolute atomic E-state index is 12.7. The van der Waals surface area contributed by atoms with E-state index in [2.05, 4.69) is 22.4 Å². The van der Waals surface area contributed by atoms with E-state index in [0.29, 0.717) is 30.7 Å². The quantitative estimate of drug-likeness (QED) is 0.244. The maximum atomic E-state index is 12.7. The van der Waals surface area contributed by atoms with E-state index in [9.17, 15) is 19.2 Å². The predicted octanol–water partition coefficient (Wildman–Crippen LogP) is 2.44. The minimum atomic E-state index is -2.74. The molecule has 13 nitrogen and oxygen atoms in total. The van der Waals surface area contributed by atoms with Crippen LogP contribution in [0.1, 0.15) is 62.3 Å². The van der Waals surface area contributed by atoms with Gasteiger partial charge in [0.2, 0.25) is 5.91 Å². The van der Waals surface area contributed by atoms with Crippen LogP contribution >= 0.6 is 0 Å². The van der Waals surface area contributed by atoms with Crippen LogP contribution in [-0.2, 0) is 25.7 Å². The number of amides is 1. The number of benzene rings is 1. The molecule has 2 unspecified atom stereocenters. The molecule has 5 N–H and O–H groups in total. The molecule has 2 aromatic rings. The van der Waals surface area contributed by atoms with Gasteiger partial charge in [-0.1, -0.05) is 18.9 Å². The Labute approximate surface area is 243 Å². The van der Waals surface area contributed by atoms with Crippen LogP contribution in [0.5, 0.6) is 11.5 Å². The number of rotatable bonds is 12. The molecule has 1 aromatic carbocycles. The highest BCUT2D eigenvalue weighted by Crippen LogP contribution is 2.55. The first-order chi connectivity index (χ1) is 19.9. The van der Waals surface area contributed by atoms with Gasteiger partial charge in [-0.2, -0.15) is 0 Å². The van der Waals surface area contributed by atoms with Crippen LogP contribution < -0.4 is 14.8 Å². The number of imidazole rings is 1. The second-order valence-corrected chi connectivity index (χ2v) is 10.7. The molecule has 230 valence electrons. The number of carbonyl (C=O) groups is 4. The third-order valence-corrected chi connectivity index (χ3v) is 8.09. The number of carboxylic acids is 3. The van der Waals surface area contributed by atoms with Gasteiger partial charge in [-0.05, 0) is 49.3 Å². The molecule has 0 aliphatic heterocycles. The predicted molar refractivity (Wildman–Crippen MR) is 148 cm³/mol. The fraction of sp³-hybridized carbons (Fsp3) is 0.552. The van der Waals surface area contributed by atoms with Crippen molar-refractivity contribution in [2.24, 2.45) is 11.8 Å². The average molecular weight is 590 g/mol. The summed E-state index contributed by atoms with van der Waals surface area (Å²) in [4.78, 5) is 47.5. The number of methoxy groups -OCH3 is 2. The number of aromatic nitrogens is 2. The third-order valence-electron chi connectivity index (χ3n) is 8.09. The molecule has 0 spiro atoms. The van der Waals surface area contributed by atoms with Crippen LogP contribution in [0.3, 0.4) is 0 Å². The van der Waals surface area contributed by atoms with Crippen molar-refractivity contribution in [2.45, 2.75) is 76.0 Å². The zero-order valence-electron chi connectivity index (χ0n) is 24.0. The maximum Gasteiger partial charge on any atom is 0.336 e. The Bertz CT molecular complexity index is 1260. The van der Waals surface area contributed by atoms with Crippen LogP contribution in [0.15, 0.2) is 30.6 Å². The minimum Gasteiger partial charge on any atom is -0.493 e. The molecule has 2 saturated carbocycles. The molecule has 1 amide bonds. The number of aliphatic hydroxyl groups is 1. The van der Waals surface area contributed by atoms with Gasteiger partial charge in [-0.25, -0.2) is 9.78 Å². The molecule has 4 atom stereocenters. The van der Waals surface area contributed by atoms with E-state index >= 15 is 0 Å². The summed E-state index contributed by atoms with van der Waals surface area (Å²) in [6.07, 6.45) is 6.89. The van der Waals surface area contributed by atoms with Gasteiger partial charge < -0.3 is 39.8 Å². The molecule has 2 aliphatic carbocycles. The molecule has 1 aromatic heterocycles. The lowest BCUT2D eigenvalue weighted by molar-refractivity contribution is -0.170. The lowest BCUT2D eigenvalue weighted by Crippen LogP contribution is -2.59. The molecule has 1 heterocycles. The number of carbonyl (C=O) groups excluding carboxylic acids is 1. The fourth-order valence-electron chi connectivity index (χ4n) is 6.01. The smallest absolute Gasteiger partial charge is 0.336 e. The lowest BCUT2D eigenvalue weighted by atomic mass is 9.53. The van der Waals surface area contributed by atoms with E-state index in [-0.39, 0.29) is 11.9 Å². The summed E-state index contributed by atoms with van der Waals surface area (Å²) in [5.41, 5.74) is -1.50. The molecule has 0 saturated heterocycles. The summed E-state index contributed by atoms with van der Waals surface area (Å²) >= 11 is 0. The zero-order valence-corrected chi connectivity index (χ0v) is 24.0. The fourth-order valence-corrected chi connectivity index (χ4v) is 6.01. The van der Waals surface area contributed by atoms with E-state index in [1.165, 1.54) is 31.2 Å². The minimum absolute atomic E-state index is 0.123. The monoisotopic (exact) mass is 589 g/mol. The van der Waals surface area contributed by atoms with E-state index in [0.717, 1.165) is 17.3 Å². The van der Waals surface area contributed by atoms with Gasteiger partial charge in [0.1, 0.15) is 5.82 Å². The first-order valence-electron chi connectivity index (χ1n) is 13.8. The molecule has 0 bridgehead atoms.